The molecule has 0 aliphatic heterocycles. The lowest BCUT2D eigenvalue weighted by molar-refractivity contribution is -0.148. The zero-order chi connectivity index (χ0) is 62.0. The van der Waals surface area contributed by atoms with Crippen LogP contribution in [-0.4, -0.2) is 86.7 Å². The van der Waals surface area contributed by atoms with Crippen molar-refractivity contribution in [3.05, 3.63) is 201 Å². The molecule has 12 N–H and O–H groups in total. The molecule has 4 amide bonds. The van der Waals surface area contributed by atoms with Gasteiger partial charge < -0.3 is 53.0 Å². The summed E-state index contributed by atoms with van der Waals surface area (Å²) in [5, 5.41) is 44.8. The lowest BCUT2D eigenvalue weighted by Gasteiger charge is -2.21. The number of aliphatic hydroxyl groups excluding tert-OH is 2. The van der Waals surface area contributed by atoms with Gasteiger partial charge in [-0.05, 0) is 132 Å². The average Bonchev–Trinajstić information content (AvgIpc) is 3.62. The molecule has 0 fully saturated rings. The highest BCUT2D eigenvalue weighted by atomic mass is 35.5. The first-order valence-corrected chi connectivity index (χ1v) is 27.9. The van der Waals surface area contributed by atoms with Gasteiger partial charge in [0.2, 0.25) is 11.8 Å². The summed E-state index contributed by atoms with van der Waals surface area (Å²) in [6.45, 7) is 7.14. The fourth-order valence-electron chi connectivity index (χ4n) is 8.65. The number of aliphatic carboxylic acids is 2. The summed E-state index contributed by atoms with van der Waals surface area (Å²) in [5.41, 5.74) is 25.0. The number of carbonyl (C=O) groups is 7. The number of benzene rings is 6. The summed E-state index contributed by atoms with van der Waals surface area (Å²) in [4.78, 5) is 80.0. The summed E-state index contributed by atoms with van der Waals surface area (Å²) in [5.74, 6) is -9.16. The Bertz CT molecular complexity index is 3110. The molecule has 0 saturated heterocycles. The zero-order valence-corrected chi connectivity index (χ0v) is 50.3. The molecule has 0 aliphatic rings. The van der Waals surface area contributed by atoms with E-state index in [1.54, 1.807) is 12.1 Å². The third-order valence-electron chi connectivity index (χ3n) is 13.0. The smallest absolute Gasteiger partial charge is 0.308 e. The number of ether oxygens (including phenoxy) is 1. The molecule has 6 aromatic carbocycles. The number of nitrogens with two attached hydrogens (primary N) is 3. The maximum absolute atomic E-state index is 12.1. The fourth-order valence-corrected chi connectivity index (χ4v) is 9.23. The molecule has 21 heteroatoms. The highest BCUT2D eigenvalue weighted by Crippen LogP contribution is 2.27. The average molecular weight is 1240 g/mol. The van der Waals surface area contributed by atoms with Crippen molar-refractivity contribution in [1.82, 2.24) is 10.6 Å². The monoisotopic (exact) mass is 1240 g/mol. The van der Waals surface area contributed by atoms with Crippen molar-refractivity contribution < 1.29 is 58.7 Å². The van der Waals surface area contributed by atoms with E-state index in [0.717, 1.165) is 61.5 Å². The van der Waals surface area contributed by atoms with Crippen molar-refractivity contribution in [3.8, 4) is 33.4 Å². The molecule has 17 nitrogen and oxygen atoms in total. The summed E-state index contributed by atoms with van der Waals surface area (Å²) in [7, 11) is 0. The molecule has 0 saturated carbocycles. The Morgan fingerprint density at radius 2 is 0.800 bits per heavy atom. The van der Waals surface area contributed by atoms with Crippen LogP contribution in [0.15, 0.2) is 169 Å². The molecular weight excluding hydrogens is 1170 g/mol. The lowest BCUT2D eigenvalue weighted by atomic mass is 9.95. The van der Waals surface area contributed by atoms with Crippen LogP contribution in [0.4, 0.5) is 0 Å². The number of nitrogens with one attached hydrogen (secondary N) is 2. The molecule has 0 bridgehead atoms. The first-order chi connectivity index (χ1) is 39.8. The van der Waals surface area contributed by atoms with Crippen LogP contribution in [-0.2, 0) is 57.6 Å². The van der Waals surface area contributed by atoms with Crippen LogP contribution in [0.2, 0.25) is 15.1 Å². The van der Waals surface area contributed by atoms with E-state index in [1.807, 2.05) is 123 Å². The Morgan fingerprint density at radius 3 is 1.08 bits per heavy atom. The maximum Gasteiger partial charge on any atom is 0.308 e. The van der Waals surface area contributed by atoms with Crippen molar-refractivity contribution in [2.24, 2.45) is 35.0 Å². The van der Waals surface area contributed by atoms with E-state index in [0.29, 0.717) is 48.1 Å². The normalized spacial score (nSPS) is 13.2. The number of esters is 1. The number of aliphatic hydroxyl groups is 2. The van der Waals surface area contributed by atoms with Crippen molar-refractivity contribution in [2.75, 3.05) is 6.61 Å². The lowest BCUT2D eigenvalue weighted by Crippen LogP contribution is -2.39. The molecule has 0 radical (unpaired) electrons. The second-order valence-electron chi connectivity index (χ2n) is 20.0. The van der Waals surface area contributed by atoms with Gasteiger partial charge in [-0.2, -0.15) is 0 Å². The minimum absolute atomic E-state index is 0. The predicted molar refractivity (Wildman–Crippen MR) is 334 cm³/mol. The third kappa shape index (κ3) is 25.7. The van der Waals surface area contributed by atoms with Crippen LogP contribution in [0.3, 0.4) is 0 Å². The molecule has 6 rings (SSSR count). The van der Waals surface area contributed by atoms with Crippen molar-refractivity contribution >= 4 is 88.7 Å². The minimum Gasteiger partial charge on any atom is -0.503 e. The van der Waals surface area contributed by atoms with Gasteiger partial charge in [-0.1, -0.05) is 165 Å². The van der Waals surface area contributed by atoms with E-state index >= 15 is 0 Å². The van der Waals surface area contributed by atoms with Gasteiger partial charge in [0.05, 0.1) is 36.5 Å². The Morgan fingerprint density at radius 1 is 0.482 bits per heavy atom. The second kappa shape index (κ2) is 35.8. The first kappa shape index (κ1) is 71.1. The SMILES string of the molecule is CCOC(=O)C(C)C[C@H](N)Cc1ccc(-c2cccc(Cl)c2)cc1.C[C@@H](C[C@@H](Cc1ccc(-c2cccc(Cl)c2)cc1)NC(=O)/C(O)=C/C(N)=O)C(=O)O.C[C@H](C[C@@H](Cc1ccc(-c2cccc(Cl)c2)cc1)NC(=O)/C(O)=C/C(N)=O)C(=O)O.Cl. The first-order valence-electron chi connectivity index (χ1n) is 26.7. The molecule has 0 aliphatic carbocycles. The second-order valence-corrected chi connectivity index (χ2v) is 21.3. The van der Waals surface area contributed by atoms with Gasteiger partial charge in [0.25, 0.3) is 11.8 Å². The minimum atomic E-state index is -0.998. The van der Waals surface area contributed by atoms with Crippen molar-refractivity contribution in [2.45, 2.75) is 84.3 Å². The summed E-state index contributed by atoms with van der Waals surface area (Å²) >= 11 is 18.1. The standard InChI is InChI=1S/2C22H23ClN2O5.C20H24ClNO2.ClH/c2*1-13(22(29)30)9-18(25-21(28)19(26)12-20(24)27)10-14-5-7-15(8-6-14)16-3-2-4-17(23)11-16;1-3-24-20(23)14(2)11-19(22)12-15-7-9-16(10-8-15)17-5-4-6-18(21)13-17;/h2*2-8,11-13,18,26H,9-10H2,1H3,(H2,24,27)(H,25,28)(H,29,30);4-10,13-14,19H,3,11-12,22H2,1-2H3;1H/b2*19-12-;;/t13-,18+;13-,18-;14?,19-;/m100./s1. The Kier molecular flexibility index (Phi) is 30.0. The maximum atomic E-state index is 12.1. The molecule has 0 aromatic heterocycles. The van der Waals surface area contributed by atoms with Gasteiger partial charge in [0.1, 0.15) is 0 Å². The number of hydrogen-bond donors (Lipinski definition) is 9. The van der Waals surface area contributed by atoms with Gasteiger partial charge >= 0.3 is 17.9 Å². The highest BCUT2D eigenvalue weighted by molar-refractivity contribution is 6.31. The third-order valence-corrected chi connectivity index (χ3v) is 13.7. The number of hydrogen-bond acceptors (Lipinski definition) is 11. The van der Waals surface area contributed by atoms with Crippen LogP contribution in [0.25, 0.3) is 33.4 Å². The van der Waals surface area contributed by atoms with Crippen LogP contribution < -0.4 is 27.8 Å². The molecular formula is C64H71Cl4N5O12. The van der Waals surface area contributed by atoms with E-state index in [4.69, 9.17) is 56.7 Å². The topological polar surface area (TPSA) is 312 Å². The number of carboxylic acid groups (broad SMARTS) is 2. The molecule has 1 unspecified atom stereocenters. The van der Waals surface area contributed by atoms with E-state index in [9.17, 15) is 54.0 Å². The van der Waals surface area contributed by atoms with Crippen LogP contribution in [0, 0.1) is 17.8 Å². The predicted octanol–water partition coefficient (Wildman–Crippen LogP) is 11.0. The molecule has 6 aromatic rings. The Hall–Kier alpha value is -8.19. The largest absolute Gasteiger partial charge is 0.503 e. The van der Waals surface area contributed by atoms with Gasteiger partial charge in [-0.3, -0.25) is 33.6 Å². The summed E-state index contributed by atoms with van der Waals surface area (Å²) in [6, 6.07) is 44.9. The number of carbonyl (C=O) groups excluding carboxylic acids is 5. The van der Waals surface area contributed by atoms with Crippen LogP contribution in [0.5, 0.6) is 0 Å². The quantitative estimate of drug-likeness (QED) is 0.0146. The molecule has 452 valence electrons. The number of amides is 4. The number of halogens is 4. The number of primary amides is 2. The van der Waals surface area contributed by atoms with Gasteiger partial charge in [-0.25, -0.2) is 0 Å². The van der Waals surface area contributed by atoms with Gasteiger partial charge in [0.15, 0.2) is 11.5 Å². The van der Waals surface area contributed by atoms with Gasteiger partial charge in [0, 0.05) is 33.2 Å². The molecule has 0 heterocycles. The number of rotatable bonds is 25. The van der Waals surface area contributed by atoms with E-state index in [1.165, 1.54) is 13.8 Å². The molecule has 0 spiro atoms. The summed E-state index contributed by atoms with van der Waals surface area (Å²) in [6.07, 6.45) is 3.52. The van der Waals surface area contributed by atoms with E-state index in [2.05, 4.69) is 34.9 Å². The fraction of sp³-hybridized carbons (Fsp3) is 0.266. The Labute approximate surface area is 515 Å². The zero-order valence-electron chi connectivity index (χ0n) is 47.3. The van der Waals surface area contributed by atoms with Crippen molar-refractivity contribution in [1.29, 1.82) is 0 Å². The molecule has 85 heavy (non-hydrogen) atoms. The summed E-state index contributed by atoms with van der Waals surface area (Å²) < 4.78 is 5.02. The van der Waals surface area contributed by atoms with E-state index in [-0.39, 0.29) is 43.2 Å². The van der Waals surface area contributed by atoms with Gasteiger partial charge in [-0.15, -0.1) is 12.4 Å². The highest BCUT2D eigenvalue weighted by Gasteiger charge is 2.24. The van der Waals surface area contributed by atoms with Crippen LogP contribution in [0.1, 0.15) is 63.6 Å². The Balaban J connectivity index is 0.000000334. The van der Waals surface area contributed by atoms with Crippen molar-refractivity contribution in [3.63, 3.8) is 0 Å². The number of carboxylic acids is 2. The van der Waals surface area contributed by atoms with Crippen LogP contribution >= 0.6 is 47.2 Å². The van der Waals surface area contributed by atoms with E-state index < -0.39 is 71.0 Å². The molecule has 6 atom stereocenters.